The number of anilines is 5. The Bertz CT molecular complexity index is 4970. The van der Waals surface area contributed by atoms with Crippen LogP contribution in [-0.4, -0.2) is 166 Å². The van der Waals surface area contributed by atoms with Crippen LogP contribution in [0.3, 0.4) is 0 Å². The molecule has 116 heavy (non-hydrogen) atoms. The molecule has 25 nitrogen and oxygen atoms in total. The molecule has 14 rings (SSSR count). The summed E-state index contributed by atoms with van der Waals surface area (Å²) in [5, 5.41) is 28.7. The molecule has 0 aromatic heterocycles. The summed E-state index contributed by atoms with van der Waals surface area (Å²) >= 11 is 0. The molecule has 0 saturated carbocycles. The Morgan fingerprint density at radius 2 is 0.810 bits per heavy atom. The van der Waals surface area contributed by atoms with Gasteiger partial charge in [0.25, 0.3) is 17.7 Å². The molecule has 3 atom stereocenters. The first-order chi connectivity index (χ1) is 55.8. The summed E-state index contributed by atoms with van der Waals surface area (Å²) in [6, 6.07) is 44.6. The molecule has 610 valence electrons. The molecule has 3 N–H and O–H groups in total. The number of benzene rings is 8. The first kappa shape index (κ1) is 84.1. The van der Waals surface area contributed by atoms with E-state index >= 15 is 0 Å². The lowest BCUT2D eigenvalue weighted by Crippen LogP contribution is -2.39. The Hall–Kier alpha value is -11.3. The van der Waals surface area contributed by atoms with E-state index in [2.05, 4.69) is 11.1 Å². The number of phenols is 1. The number of hydrogen-bond acceptors (Lipinski definition) is 20. The number of phenolic OH excluding ortho intramolecular Hbond substituents is 1. The Balaban J connectivity index is 0.000000209. The fraction of sp³-hybridized carbons (Fsp3) is 0.385. The summed E-state index contributed by atoms with van der Waals surface area (Å²) in [5.74, 6) is 1.18. The standard InChI is InChI=1S/C54H57N5O9.C20H33NO6.C17H14N2O2/c1-7-17-64-19-20-65-18-16-57(53(62)68-54(3,4)5)39-23-35(32-66-48-28-44-42(21-34(48)2)51(60)58-40(30-55-44)25-37-12-8-10-14-46(37)58)22-36(24-39)33-67-50-29-45-43(27-49(50)63-6)52(61)59-41(31-56-45)26-38-13-9-11-15-47(38)59;1-5-7-25-9-10-26-8-6-21(19(24)27-20(2,3)4)18-12-16(14-22)11-17(13-18)15-23;1-10-6-13-14(8-16(10)20)18-9-12-7-11-4-2-3-5-15(11)19(12)17(13)21/h8-15,21-24,27-31,40-41H,7,16-20,25-26,32-33H2,1-6H3;11-13,22-23H,5-10,14-15H2,1-4H3;2-6,8-9,12,20H,7H2,1H3/t40-,41-;;12-/m0.0/s1. The molecule has 0 spiro atoms. The average Bonchev–Trinajstić information content (AvgIpc) is 1.62. The van der Waals surface area contributed by atoms with Gasteiger partial charge in [-0.2, -0.15) is 0 Å². The summed E-state index contributed by atoms with van der Waals surface area (Å²) in [6.07, 6.45) is 8.45. The zero-order valence-corrected chi connectivity index (χ0v) is 67.9. The molecule has 8 aromatic carbocycles. The van der Waals surface area contributed by atoms with Gasteiger partial charge in [-0.1, -0.05) is 74.5 Å². The Morgan fingerprint density at radius 3 is 1.22 bits per heavy atom. The number of para-hydroxylation sites is 3. The summed E-state index contributed by atoms with van der Waals surface area (Å²) < 4.78 is 52.7. The van der Waals surface area contributed by atoms with Gasteiger partial charge in [0.05, 0.1) is 125 Å². The van der Waals surface area contributed by atoms with Crippen LogP contribution in [0.5, 0.6) is 23.0 Å². The lowest BCUT2D eigenvalue weighted by molar-refractivity contribution is 0.0444. The number of aliphatic hydroxyl groups excluding tert-OH is 2. The highest BCUT2D eigenvalue weighted by molar-refractivity contribution is 6.17. The Kier molecular flexibility index (Phi) is 27.5. The number of hydrogen-bond donors (Lipinski definition) is 3. The molecule has 5 amide bonds. The number of amides is 5. The molecule has 6 aliphatic rings. The minimum Gasteiger partial charge on any atom is -0.508 e. The molecule has 0 aliphatic carbocycles. The molecule has 0 saturated heterocycles. The van der Waals surface area contributed by atoms with Gasteiger partial charge in [0.1, 0.15) is 35.9 Å². The second kappa shape index (κ2) is 38.0. The number of aliphatic imine (C=N–C) groups is 3. The minimum absolute atomic E-state index is 0.0512. The predicted molar refractivity (Wildman–Crippen MR) is 448 cm³/mol. The first-order valence-corrected chi connectivity index (χ1v) is 39.5. The minimum atomic E-state index is -0.770. The van der Waals surface area contributed by atoms with Crippen LogP contribution in [0.1, 0.15) is 149 Å². The normalized spacial score (nSPS) is 15.8. The zero-order valence-electron chi connectivity index (χ0n) is 67.9. The van der Waals surface area contributed by atoms with Gasteiger partial charge < -0.3 is 58.0 Å². The molecular formula is C91H104N8O17. The number of fused-ring (bicyclic) bond motifs is 12. The molecular weight excluding hydrogens is 1480 g/mol. The largest absolute Gasteiger partial charge is 0.508 e. The van der Waals surface area contributed by atoms with Gasteiger partial charge in [0, 0.05) is 97.8 Å². The number of nitrogens with zero attached hydrogens (tertiary/aromatic N) is 8. The maximum Gasteiger partial charge on any atom is 0.414 e. The van der Waals surface area contributed by atoms with Gasteiger partial charge in [-0.3, -0.25) is 53.9 Å². The molecule has 0 unspecified atom stereocenters. The van der Waals surface area contributed by atoms with Crippen LogP contribution >= 0.6 is 0 Å². The number of methoxy groups -OCH3 is 1. The van der Waals surface area contributed by atoms with Crippen LogP contribution in [0.25, 0.3) is 0 Å². The lowest BCUT2D eigenvalue weighted by atomic mass is 10.1. The average molecular weight is 1580 g/mol. The third-order valence-electron chi connectivity index (χ3n) is 19.9. The molecule has 0 fully saturated rings. The van der Waals surface area contributed by atoms with E-state index in [1.165, 1.54) is 17.6 Å². The van der Waals surface area contributed by atoms with Gasteiger partial charge in [-0.15, -0.1) is 0 Å². The van der Waals surface area contributed by atoms with Crippen molar-refractivity contribution < 1.29 is 81.9 Å². The summed E-state index contributed by atoms with van der Waals surface area (Å²) in [7, 11) is 1.54. The van der Waals surface area contributed by atoms with Crippen LogP contribution in [0.2, 0.25) is 0 Å². The topological polar surface area (TPSA) is 282 Å². The van der Waals surface area contributed by atoms with Crippen molar-refractivity contribution in [1.29, 1.82) is 0 Å². The first-order valence-electron chi connectivity index (χ1n) is 39.5. The maximum atomic E-state index is 14.1. The van der Waals surface area contributed by atoms with E-state index in [1.54, 1.807) is 91.1 Å². The maximum absolute atomic E-state index is 14.1. The van der Waals surface area contributed by atoms with Gasteiger partial charge in [0.15, 0.2) is 11.5 Å². The van der Waals surface area contributed by atoms with E-state index in [-0.39, 0.29) is 87.7 Å². The Morgan fingerprint density at radius 1 is 0.448 bits per heavy atom. The quantitative estimate of drug-likeness (QED) is 0.0403. The smallest absolute Gasteiger partial charge is 0.414 e. The van der Waals surface area contributed by atoms with Crippen LogP contribution in [0.4, 0.5) is 55.1 Å². The van der Waals surface area contributed by atoms with Crippen molar-refractivity contribution in [1.82, 2.24) is 0 Å². The van der Waals surface area contributed by atoms with Crippen molar-refractivity contribution in [3.63, 3.8) is 0 Å². The third kappa shape index (κ3) is 20.3. The number of aliphatic hydroxyl groups is 2. The van der Waals surface area contributed by atoms with Crippen LogP contribution < -0.4 is 38.7 Å². The van der Waals surface area contributed by atoms with E-state index in [0.717, 1.165) is 58.6 Å². The van der Waals surface area contributed by atoms with E-state index in [1.807, 2.05) is 156 Å². The summed E-state index contributed by atoms with van der Waals surface area (Å²) in [6.45, 7) is 22.6. The van der Waals surface area contributed by atoms with Gasteiger partial charge in [-0.05, 0) is 185 Å². The second-order valence-corrected chi connectivity index (χ2v) is 31.0. The van der Waals surface area contributed by atoms with Gasteiger partial charge >= 0.3 is 12.2 Å². The fourth-order valence-electron chi connectivity index (χ4n) is 14.4. The highest BCUT2D eigenvalue weighted by Gasteiger charge is 2.40. The number of carbonyl (C=O) groups is 5. The fourth-order valence-corrected chi connectivity index (χ4v) is 14.4. The lowest BCUT2D eigenvalue weighted by Gasteiger charge is -2.28. The molecule has 0 bridgehead atoms. The monoisotopic (exact) mass is 1580 g/mol. The highest BCUT2D eigenvalue weighted by Crippen LogP contribution is 2.44. The van der Waals surface area contributed by atoms with E-state index in [9.17, 15) is 39.3 Å². The molecule has 6 heterocycles. The number of aromatic hydroxyl groups is 1. The number of aryl methyl sites for hydroxylation is 2. The van der Waals surface area contributed by atoms with Crippen LogP contribution in [-0.2, 0) is 74.1 Å². The van der Waals surface area contributed by atoms with Crippen molar-refractivity contribution >= 4 is 94.1 Å². The molecule has 25 heteroatoms. The zero-order chi connectivity index (χ0) is 82.4. The molecule has 6 aliphatic heterocycles. The summed E-state index contributed by atoms with van der Waals surface area (Å²) in [4.78, 5) is 90.1. The van der Waals surface area contributed by atoms with Crippen molar-refractivity contribution in [3.8, 4) is 23.0 Å². The van der Waals surface area contributed by atoms with Crippen LogP contribution in [0, 0.1) is 13.8 Å². The highest BCUT2D eigenvalue weighted by atomic mass is 16.6. The van der Waals surface area contributed by atoms with E-state index in [4.69, 9.17) is 52.6 Å². The predicted octanol–water partition coefficient (Wildman–Crippen LogP) is 15.8. The van der Waals surface area contributed by atoms with Crippen molar-refractivity contribution in [2.75, 3.05) is 97.6 Å². The van der Waals surface area contributed by atoms with Crippen molar-refractivity contribution in [2.24, 2.45) is 15.0 Å². The van der Waals surface area contributed by atoms with E-state index < -0.39 is 23.4 Å². The molecule has 8 aromatic rings. The van der Waals surface area contributed by atoms with Gasteiger partial charge in [0.2, 0.25) is 0 Å². The third-order valence-corrected chi connectivity index (χ3v) is 19.9. The summed E-state index contributed by atoms with van der Waals surface area (Å²) in [5.41, 5.74) is 12.9. The van der Waals surface area contributed by atoms with Crippen molar-refractivity contribution in [2.45, 2.75) is 157 Å². The number of carbonyl (C=O) groups excluding carboxylic acids is 5. The van der Waals surface area contributed by atoms with Crippen LogP contribution in [0.15, 0.2) is 161 Å². The van der Waals surface area contributed by atoms with Gasteiger partial charge in [-0.25, -0.2) is 9.59 Å². The second-order valence-electron chi connectivity index (χ2n) is 31.0. The Labute approximate surface area is 677 Å². The number of rotatable bonds is 27. The van der Waals surface area contributed by atoms with Crippen molar-refractivity contribution in [3.05, 3.63) is 212 Å². The SMILES string of the molecule is CCCOCCOCCN(C(=O)OC(C)(C)C)c1cc(CO)cc(CO)c1.CCCOCCOCCN(C(=O)OC(C)(C)C)c1cc(COc2cc3c(cc2C)C(=O)N2c4ccccc4C[C@H]2C=N3)cc(COc2cc3c(cc2OC)C(=O)N2c4ccccc4C[C@H]2C=N3)c1.Cc1cc2c(cc1O)N=C[C@@H]1Cc3ccccc3N1C2=O. The van der Waals surface area contributed by atoms with E-state index in [0.29, 0.717) is 144 Å². The molecule has 0 radical (unpaired) electrons. The number of ether oxygens (including phenoxy) is 9.